The number of alkyl halides is 3. The molecule has 0 saturated heterocycles. The Morgan fingerprint density at radius 2 is 1.70 bits per heavy atom. The molecule has 0 spiro atoms. The number of hydrazine groups is 1. The molecule has 0 bridgehead atoms. The first-order valence-electron chi connectivity index (χ1n) is 8.77. The fourth-order valence-corrected chi connectivity index (χ4v) is 3.63. The smallest absolute Gasteiger partial charge is 0.272 e. The summed E-state index contributed by atoms with van der Waals surface area (Å²) in [7, 11) is 0. The molecule has 2 N–H and O–H groups in total. The Morgan fingerprint density at radius 3 is 2.30 bits per heavy atom. The lowest BCUT2D eigenvalue weighted by Crippen LogP contribution is -2.45. The topological polar surface area (TPSA) is 66.9 Å². The first-order valence-corrected chi connectivity index (χ1v) is 8.77. The van der Waals surface area contributed by atoms with Gasteiger partial charge in [-0.15, -0.1) is 0 Å². The van der Waals surface area contributed by atoms with Crippen LogP contribution in [0.15, 0.2) is 30.3 Å². The summed E-state index contributed by atoms with van der Waals surface area (Å²) in [4.78, 5) is 21.3. The van der Waals surface area contributed by atoms with Gasteiger partial charge < -0.3 is 0 Å². The van der Waals surface area contributed by atoms with Gasteiger partial charge in [0.1, 0.15) is 0 Å². The van der Waals surface area contributed by atoms with Crippen LogP contribution in [0.2, 0.25) is 0 Å². The van der Waals surface area contributed by atoms with Gasteiger partial charge >= 0.3 is 6.18 Å². The molecule has 1 fully saturated rings. The summed E-state index contributed by atoms with van der Waals surface area (Å²) in [5.74, 6) is -0.125. The number of nitrogens with zero attached hydrogens (tertiary/aromatic N) is 2. The van der Waals surface area contributed by atoms with E-state index in [1.165, 1.54) is 6.07 Å². The van der Waals surface area contributed by atoms with Gasteiger partial charge in [-0.1, -0.05) is 31.0 Å². The van der Waals surface area contributed by atoms with Crippen molar-refractivity contribution >= 4 is 11.9 Å². The standard InChI is InChI=1S/C19H21F3N4O/c1-12-10-13(2)24-17(23-12)26-25-16(27)18(8-3-4-9-18)14-6-5-7-15(11-14)19(20,21)22/h5-7,10-11H,3-4,8-9H2,1-2H3,(H,25,27)(H,23,24,26). The van der Waals surface area contributed by atoms with E-state index in [9.17, 15) is 18.0 Å². The third kappa shape index (κ3) is 4.04. The van der Waals surface area contributed by atoms with Gasteiger partial charge in [0.15, 0.2) is 0 Å². The average molecular weight is 378 g/mol. The molecule has 1 saturated carbocycles. The number of aryl methyl sites for hydroxylation is 2. The van der Waals surface area contributed by atoms with Crippen molar-refractivity contribution in [3.63, 3.8) is 0 Å². The highest BCUT2D eigenvalue weighted by Gasteiger charge is 2.44. The molecule has 1 amide bonds. The van der Waals surface area contributed by atoms with Crippen LogP contribution < -0.4 is 10.9 Å². The Kier molecular flexibility index (Phi) is 5.08. The van der Waals surface area contributed by atoms with Gasteiger partial charge in [-0.25, -0.2) is 9.97 Å². The first-order chi connectivity index (χ1) is 12.7. The van der Waals surface area contributed by atoms with Crippen LogP contribution in [-0.4, -0.2) is 15.9 Å². The average Bonchev–Trinajstić information content (AvgIpc) is 3.09. The van der Waals surface area contributed by atoms with Crippen molar-refractivity contribution < 1.29 is 18.0 Å². The van der Waals surface area contributed by atoms with Crippen molar-refractivity contribution in [2.45, 2.75) is 51.1 Å². The van der Waals surface area contributed by atoms with Crippen molar-refractivity contribution in [1.82, 2.24) is 15.4 Å². The highest BCUT2D eigenvalue weighted by Crippen LogP contribution is 2.43. The molecule has 1 aromatic carbocycles. The Balaban J connectivity index is 1.85. The summed E-state index contributed by atoms with van der Waals surface area (Å²) in [6, 6.07) is 6.84. The van der Waals surface area contributed by atoms with Gasteiger partial charge in [-0.2, -0.15) is 13.2 Å². The minimum Gasteiger partial charge on any atom is -0.272 e. The van der Waals surface area contributed by atoms with Gasteiger partial charge in [0.05, 0.1) is 11.0 Å². The molecule has 0 radical (unpaired) electrons. The highest BCUT2D eigenvalue weighted by molar-refractivity contribution is 5.89. The lowest BCUT2D eigenvalue weighted by molar-refractivity contribution is -0.138. The Morgan fingerprint density at radius 1 is 1.07 bits per heavy atom. The quantitative estimate of drug-likeness (QED) is 0.787. The van der Waals surface area contributed by atoms with Crippen molar-refractivity contribution in [3.8, 4) is 0 Å². The second-order valence-electron chi connectivity index (χ2n) is 6.92. The summed E-state index contributed by atoms with van der Waals surface area (Å²) >= 11 is 0. The molecule has 3 rings (SSSR count). The molecule has 0 atom stereocenters. The van der Waals surface area contributed by atoms with Crippen molar-refractivity contribution in [2.75, 3.05) is 5.43 Å². The molecular formula is C19H21F3N4O. The Hall–Kier alpha value is -2.64. The molecule has 27 heavy (non-hydrogen) atoms. The van der Waals surface area contributed by atoms with Crippen LogP contribution in [0.25, 0.3) is 0 Å². The molecule has 0 unspecified atom stereocenters. The van der Waals surface area contributed by atoms with Crippen LogP contribution in [-0.2, 0) is 16.4 Å². The molecular weight excluding hydrogens is 357 g/mol. The van der Waals surface area contributed by atoms with E-state index in [4.69, 9.17) is 0 Å². The summed E-state index contributed by atoms with van der Waals surface area (Å²) in [6.45, 7) is 3.62. The van der Waals surface area contributed by atoms with E-state index < -0.39 is 17.2 Å². The fourth-order valence-electron chi connectivity index (χ4n) is 3.63. The van der Waals surface area contributed by atoms with Crippen molar-refractivity contribution in [2.24, 2.45) is 0 Å². The number of amides is 1. The van der Waals surface area contributed by atoms with Crippen molar-refractivity contribution in [3.05, 3.63) is 52.8 Å². The number of carbonyl (C=O) groups excluding carboxylic acids is 1. The number of rotatable bonds is 4. The Labute approximate surface area is 155 Å². The zero-order chi connectivity index (χ0) is 19.7. The fraction of sp³-hybridized carbons (Fsp3) is 0.421. The number of anilines is 1. The van der Waals surface area contributed by atoms with Crippen LogP contribution in [0.1, 0.15) is 48.2 Å². The number of benzene rings is 1. The van der Waals surface area contributed by atoms with Gasteiger partial charge in [0.2, 0.25) is 11.9 Å². The van der Waals surface area contributed by atoms with E-state index >= 15 is 0 Å². The summed E-state index contributed by atoms with van der Waals surface area (Å²) < 4.78 is 39.3. The zero-order valence-corrected chi connectivity index (χ0v) is 15.2. The summed E-state index contributed by atoms with van der Waals surface area (Å²) in [5, 5.41) is 0. The second-order valence-corrected chi connectivity index (χ2v) is 6.92. The minimum absolute atomic E-state index is 0.248. The van der Waals surface area contributed by atoms with E-state index in [1.54, 1.807) is 12.1 Å². The third-order valence-corrected chi connectivity index (χ3v) is 4.90. The SMILES string of the molecule is Cc1cc(C)nc(NNC(=O)C2(c3cccc(C(F)(F)F)c3)CCCC2)n1. The number of carbonyl (C=O) groups is 1. The highest BCUT2D eigenvalue weighted by atomic mass is 19.4. The normalized spacial score (nSPS) is 16.2. The molecule has 2 aromatic rings. The van der Waals surface area contributed by atoms with Gasteiger partial charge in [0.25, 0.3) is 0 Å². The lowest BCUT2D eigenvalue weighted by Gasteiger charge is -2.29. The van der Waals surface area contributed by atoms with E-state index in [0.29, 0.717) is 18.4 Å². The molecule has 144 valence electrons. The summed E-state index contributed by atoms with van der Waals surface area (Å²) in [5.41, 5.74) is 5.43. The molecule has 5 nitrogen and oxygen atoms in total. The number of halogens is 3. The maximum atomic E-state index is 13.1. The molecule has 1 aliphatic rings. The van der Waals surface area contributed by atoms with Gasteiger partial charge in [-0.05, 0) is 44.4 Å². The van der Waals surface area contributed by atoms with E-state index in [1.807, 2.05) is 13.8 Å². The zero-order valence-electron chi connectivity index (χ0n) is 15.2. The van der Waals surface area contributed by atoms with Crippen LogP contribution in [0.4, 0.5) is 19.1 Å². The number of hydrogen-bond acceptors (Lipinski definition) is 4. The third-order valence-electron chi connectivity index (χ3n) is 4.90. The minimum atomic E-state index is -4.45. The predicted molar refractivity (Wildman–Crippen MR) is 94.9 cm³/mol. The molecule has 1 aliphatic carbocycles. The number of hydrogen-bond donors (Lipinski definition) is 2. The number of nitrogens with one attached hydrogen (secondary N) is 2. The van der Waals surface area contributed by atoms with Crippen LogP contribution in [0.5, 0.6) is 0 Å². The molecule has 1 heterocycles. The maximum absolute atomic E-state index is 13.1. The maximum Gasteiger partial charge on any atom is 0.416 e. The predicted octanol–water partition coefficient (Wildman–Crippen LogP) is 4.07. The van der Waals surface area contributed by atoms with Crippen LogP contribution >= 0.6 is 0 Å². The van der Waals surface area contributed by atoms with Crippen LogP contribution in [0.3, 0.4) is 0 Å². The van der Waals surface area contributed by atoms with E-state index in [-0.39, 0.29) is 11.9 Å². The van der Waals surface area contributed by atoms with Gasteiger partial charge in [0, 0.05) is 11.4 Å². The number of aromatic nitrogens is 2. The Bertz CT molecular complexity index is 825. The lowest BCUT2D eigenvalue weighted by atomic mass is 9.77. The first kappa shape index (κ1) is 19.1. The molecule has 0 aliphatic heterocycles. The second kappa shape index (κ2) is 7.17. The molecule has 8 heteroatoms. The summed E-state index contributed by atoms with van der Waals surface area (Å²) in [6.07, 6.45) is -1.89. The van der Waals surface area contributed by atoms with E-state index in [0.717, 1.165) is 36.4 Å². The van der Waals surface area contributed by atoms with E-state index in [2.05, 4.69) is 20.8 Å². The van der Waals surface area contributed by atoms with Gasteiger partial charge in [-0.3, -0.25) is 15.6 Å². The monoisotopic (exact) mass is 378 g/mol. The molecule has 1 aromatic heterocycles. The van der Waals surface area contributed by atoms with Crippen molar-refractivity contribution in [1.29, 1.82) is 0 Å². The largest absolute Gasteiger partial charge is 0.416 e. The van der Waals surface area contributed by atoms with Crippen LogP contribution in [0, 0.1) is 13.8 Å².